The molecule has 0 unspecified atom stereocenters. The lowest BCUT2D eigenvalue weighted by atomic mass is 10.0. The molecule has 1 aliphatic rings. The first-order chi connectivity index (χ1) is 10.6. The summed E-state index contributed by atoms with van der Waals surface area (Å²) >= 11 is 0. The Morgan fingerprint density at radius 1 is 1.09 bits per heavy atom. The van der Waals surface area contributed by atoms with Gasteiger partial charge >= 0.3 is 0 Å². The van der Waals surface area contributed by atoms with Gasteiger partial charge in [0.1, 0.15) is 0 Å². The van der Waals surface area contributed by atoms with E-state index < -0.39 is 0 Å². The smallest absolute Gasteiger partial charge is 0.222 e. The van der Waals surface area contributed by atoms with Gasteiger partial charge in [0.15, 0.2) is 0 Å². The normalized spacial score (nSPS) is 16.1. The van der Waals surface area contributed by atoms with E-state index >= 15 is 0 Å². The minimum atomic E-state index is 0.0165. The predicted molar refractivity (Wildman–Crippen MR) is 87.1 cm³/mol. The summed E-state index contributed by atoms with van der Waals surface area (Å²) in [6.07, 6.45) is 4.32. The number of piperidine rings is 1. The van der Waals surface area contributed by atoms with Crippen molar-refractivity contribution < 1.29 is 9.59 Å². The number of carbonyl (C=O) groups excluding carboxylic acids is 2. The lowest BCUT2D eigenvalue weighted by Gasteiger charge is -2.27. The van der Waals surface area contributed by atoms with Gasteiger partial charge in [0.05, 0.1) is 0 Å². The van der Waals surface area contributed by atoms with Crippen molar-refractivity contribution in [2.45, 2.75) is 45.6 Å². The van der Waals surface area contributed by atoms with E-state index in [1.165, 1.54) is 6.42 Å². The zero-order valence-electron chi connectivity index (χ0n) is 13.4. The van der Waals surface area contributed by atoms with Crippen LogP contribution in [0.25, 0.3) is 0 Å². The summed E-state index contributed by atoms with van der Waals surface area (Å²) in [6.45, 7) is 4.29. The molecule has 1 fully saturated rings. The molecule has 4 nitrogen and oxygen atoms in total. The van der Waals surface area contributed by atoms with Gasteiger partial charge in [0.25, 0.3) is 0 Å². The van der Waals surface area contributed by atoms with E-state index in [4.69, 9.17) is 0 Å². The van der Waals surface area contributed by atoms with Crippen LogP contribution in [0.2, 0.25) is 0 Å². The standard InChI is InChI=1S/C18H26N2O2/c1-15(13-18(22)20-10-6-3-7-11-20)12-17(21)19-14-16-8-4-2-5-9-16/h2,4-5,8-9,15H,3,6-7,10-14H2,1H3,(H,19,21)/t15-/m0/s1. The molecule has 0 saturated carbocycles. The molecule has 1 aliphatic heterocycles. The van der Waals surface area contributed by atoms with E-state index in [0.29, 0.717) is 19.4 Å². The van der Waals surface area contributed by atoms with Crippen molar-refractivity contribution in [3.05, 3.63) is 35.9 Å². The van der Waals surface area contributed by atoms with Crippen LogP contribution in [0.5, 0.6) is 0 Å². The topological polar surface area (TPSA) is 49.4 Å². The zero-order valence-corrected chi connectivity index (χ0v) is 13.4. The van der Waals surface area contributed by atoms with Crippen LogP contribution in [0.3, 0.4) is 0 Å². The summed E-state index contributed by atoms with van der Waals surface area (Å²) in [7, 11) is 0. The maximum absolute atomic E-state index is 12.2. The van der Waals surface area contributed by atoms with Gasteiger partial charge in [0, 0.05) is 32.5 Å². The summed E-state index contributed by atoms with van der Waals surface area (Å²) in [5.74, 6) is 0.302. The highest BCUT2D eigenvalue weighted by molar-refractivity contribution is 5.79. The molecular weight excluding hydrogens is 276 g/mol. The Bertz CT molecular complexity index is 481. The van der Waals surface area contributed by atoms with E-state index in [2.05, 4.69) is 5.32 Å². The molecular formula is C18H26N2O2. The average molecular weight is 302 g/mol. The van der Waals surface area contributed by atoms with E-state index in [0.717, 1.165) is 31.5 Å². The summed E-state index contributed by atoms with van der Waals surface area (Å²) < 4.78 is 0. The number of amides is 2. The van der Waals surface area contributed by atoms with Crippen LogP contribution in [0, 0.1) is 5.92 Å². The van der Waals surface area contributed by atoms with Crippen molar-refractivity contribution in [2.24, 2.45) is 5.92 Å². The molecule has 0 aromatic heterocycles. The molecule has 1 N–H and O–H groups in total. The largest absolute Gasteiger partial charge is 0.352 e. The van der Waals surface area contributed by atoms with E-state index in [-0.39, 0.29) is 17.7 Å². The van der Waals surface area contributed by atoms with E-state index in [1.807, 2.05) is 42.2 Å². The van der Waals surface area contributed by atoms with Crippen LogP contribution in [0.4, 0.5) is 0 Å². The Labute approximate surface area is 132 Å². The molecule has 1 atom stereocenters. The van der Waals surface area contributed by atoms with Crippen molar-refractivity contribution in [1.29, 1.82) is 0 Å². The molecule has 22 heavy (non-hydrogen) atoms. The van der Waals surface area contributed by atoms with Crippen LogP contribution in [0.1, 0.15) is 44.6 Å². The SMILES string of the molecule is C[C@@H](CC(=O)NCc1ccccc1)CC(=O)N1CCCCC1. The summed E-state index contributed by atoms with van der Waals surface area (Å²) in [6, 6.07) is 9.86. The number of benzene rings is 1. The lowest BCUT2D eigenvalue weighted by Crippen LogP contribution is -2.36. The number of nitrogens with zero attached hydrogens (tertiary/aromatic N) is 1. The van der Waals surface area contributed by atoms with Crippen molar-refractivity contribution >= 4 is 11.8 Å². The molecule has 0 radical (unpaired) electrons. The summed E-state index contributed by atoms with van der Waals surface area (Å²) in [5, 5.41) is 2.92. The highest BCUT2D eigenvalue weighted by Gasteiger charge is 2.20. The lowest BCUT2D eigenvalue weighted by molar-refractivity contribution is -0.133. The highest BCUT2D eigenvalue weighted by atomic mass is 16.2. The monoisotopic (exact) mass is 302 g/mol. The second-order valence-corrected chi connectivity index (χ2v) is 6.22. The second-order valence-electron chi connectivity index (χ2n) is 6.22. The zero-order chi connectivity index (χ0) is 15.8. The Kier molecular flexibility index (Phi) is 6.44. The fourth-order valence-corrected chi connectivity index (χ4v) is 2.83. The number of hydrogen-bond acceptors (Lipinski definition) is 2. The summed E-state index contributed by atoms with van der Waals surface area (Å²) in [5.41, 5.74) is 1.09. The molecule has 120 valence electrons. The minimum Gasteiger partial charge on any atom is -0.352 e. The van der Waals surface area contributed by atoms with Crippen LogP contribution in [-0.4, -0.2) is 29.8 Å². The van der Waals surface area contributed by atoms with Gasteiger partial charge in [-0.25, -0.2) is 0 Å². The molecule has 0 aliphatic carbocycles. The van der Waals surface area contributed by atoms with Crippen molar-refractivity contribution in [1.82, 2.24) is 10.2 Å². The molecule has 1 aromatic carbocycles. The highest BCUT2D eigenvalue weighted by Crippen LogP contribution is 2.14. The van der Waals surface area contributed by atoms with Crippen molar-refractivity contribution in [3.63, 3.8) is 0 Å². The average Bonchev–Trinajstić information content (AvgIpc) is 2.54. The first-order valence-corrected chi connectivity index (χ1v) is 8.23. The van der Waals surface area contributed by atoms with Crippen molar-refractivity contribution in [2.75, 3.05) is 13.1 Å². The van der Waals surface area contributed by atoms with Gasteiger partial charge in [-0.3, -0.25) is 9.59 Å². The molecule has 2 amide bonds. The Hall–Kier alpha value is -1.84. The first kappa shape index (κ1) is 16.5. The van der Waals surface area contributed by atoms with Gasteiger partial charge in [-0.2, -0.15) is 0 Å². The number of nitrogens with one attached hydrogen (secondary N) is 1. The molecule has 1 heterocycles. The van der Waals surface area contributed by atoms with Crippen LogP contribution in [0.15, 0.2) is 30.3 Å². The van der Waals surface area contributed by atoms with Gasteiger partial charge in [-0.15, -0.1) is 0 Å². The molecule has 0 spiro atoms. The Morgan fingerprint density at radius 2 is 1.77 bits per heavy atom. The molecule has 2 rings (SSSR count). The first-order valence-electron chi connectivity index (χ1n) is 8.23. The third-order valence-corrected chi connectivity index (χ3v) is 4.10. The maximum Gasteiger partial charge on any atom is 0.222 e. The van der Waals surface area contributed by atoms with Crippen molar-refractivity contribution in [3.8, 4) is 0 Å². The fraction of sp³-hybridized carbons (Fsp3) is 0.556. The Morgan fingerprint density at radius 3 is 2.45 bits per heavy atom. The van der Waals surface area contributed by atoms with Crippen LogP contribution >= 0.6 is 0 Å². The van der Waals surface area contributed by atoms with Crippen LogP contribution in [-0.2, 0) is 16.1 Å². The molecule has 1 aromatic rings. The van der Waals surface area contributed by atoms with Gasteiger partial charge in [0.2, 0.25) is 11.8 Å². The number of carbonyl (C=O) groups is 2. The predicted octanol–water partition coefficient (Wildman–Crippen LogP) is 2.73. The number of hydrogen-bond donors (Lipinski definition) is 1. The van der Waals surface area contributed by atoms with E-state index in [1.54, 1.807) is 0 Å². The Balaban J connectivity index is 1.68. The second kappa shape index (κ2) is 8.57. The van der Waals surface area contributed by atoms with Gasteiger partial charge in [-0.1, -0.05) is 37.3 Å². The maximum atomic E-state index is 12.2. The van der Waals surface area contributed by atoms with Gasteiger partial charge in [-0.05, 0) is 30.7 Å². The fourth-order valence-electron chi connectivity index (χ4n) is 2.83. The molecule has 4 heteroatoms. The quantitative estimate of drug-likeness (QED) is 0.878. The number of likely N-dealkylation sites (tertiary alicyclic amines) is 1. The minimum absolute atomic E-state index is 0.0165. The summed E-state index contributed by atoms with van der Waals surface area (Å²) in [4.78, 5) is 26.1. The molecule has 0 bridgehead atoms. The van der Waals surface area contributed by atoms with Gasteiger partial charge < -0.3 is 10.2 Å². The van der Waals surface area contributed by atoms with E-state index in [9.17, 15) is 9.59 Å². The molecule has 1 saturated heterocycles. The number of rotatable bonds is 6. The third-order valence-electron chi connectivity index (χ3n) is 4.10. The van der Waals surface area contributed by atoms with Crippen LogP contribution < -0.4 is 5.32 Å². The third kappa shape index (κ3) is 5.51.